The van der Waals surface area contributed by atoms with Crippen molar-refractivity contribution in [1.82, 2.24) is 0 Å². The second kappa shape index (κ2) is 4.40. The third-order valence-corrected chi connectivity index (χ3v) is 4.03. The van der Waals surface area contributed by atoms with E-state index in [1.165, 1.54) is 32.1 Å². The third-order valence-electron chi connectivity index (χ3n) is 4.03. The van der Waals surface area contributed by atoms with Crippen LogP contribution in [0.15, 0.2) is 0 Å². The zero-order valence-electron chi connectivity index (χ0n) is 9.99. The lowest BCUT2D eigenvalue weighted by Crippen LogP contribution is -2.63. The minimum absolute atomic E-state index is 0.338. The first-order valence-corrected chi connectivity index (χ1v) is 6.01. The summed E-state index contributed by atoms with van der Waals surface area (Å²) in [5.74, 6) is 0.296. The monoisotopic (exact) mass is 214 g/mol. The third kappa shape index (κ3) is 1.81. The molecule has 0 aromatic rings. The molecule has 0 spiro atoms. The molecule has 1 saturated carbocycles. The van der Waals surface area contributed by atoms with Crippen LogP contribution in [0, 0.1) is 11.8 Å². The molecule has 88 valence electrons. The Hall–Kier alpha value is -0.120. The fourth-order valence-electron chi connectivity index (χ4n) is 3.05. The molecule has 2 fully saturated rings. The molecular formula is C12H22O3. The van der Waals surface area contributed by atoms with Gasteiger partial charge >= 0.3 is 0 Å². The van der Waals surface area contributed by atoms with E-state index < -0.39 is 5.97 Å². The maximum Gasteiger partial charge on any atom is 0.287 e. The van der Waals surface area contributed by atoms with Gasteiger partial charge in [0, 0.05) is 14.2 Å². The van der Waals surface area contributed by atoms with Gasteiger partial charge in [-0.2, -0.15) is 0 Å². The standard InChI is InChI=1S/C12H22O3/c1-9-11(10-7-5-4-6-8-10)15-12(9,13-2)14-3/h9-11H,4-8H2,1-3H3/t9-,11-/m1/s1. The van der Waals surface area contributed by atoms with Crippen LogP contribution in [0.25, 0.3) is 0 Å². The van der Waals surface area contributed by atoms with E-state index in [0.29, 0.717) is 17.9 Å². The second-order valence-electron chi connectivity index (χ2n) is 4.78. The molecule has 1 aliphatic heterocycles. The molecule has 0 unspecified atom stereocenters. The first-order valence-electron chi connectivity index (χ1n) is 6.01. The van der Waals surface area contributed by atoms with Gasteiger partial charge in [0.15, 0.2) is 0 Å². The summed E-state index contributed by atoms with van der Waals surface area (Å²) in [6.07, 6.45) is 7.04. The van der Waals surface area contributed by atoms with Gasteiger partial charge in [0.25, 0.3) is 5.97 Å². The van der Waals surface area contributed by atoms with Crippen LogP contribution >= 0.6 is 0 Å². The fraction of sp³-hybridized carbons (Fsp3) is 1.00. The summed E-state index contributed by atoms with van der Waals surface area (Å²) in [6.45, 7) is 2.16. The molecule has 0 bridgehead atoms. The number of hydrogen-bond donors (Lipinski definition) is 0. The molecule has 2 rings (SSSR count). The smallest absolute Gasteiger partial charge is 0.287 e. The fourth-order valence-corrected chi connectivity index (χ4v) is 3.05. The van der Waals surface area contributed by atoms with Crippen molar-refractivity contribution in [2.75, 3.05) is 14.2 Å². The maximum atomic E-state index is 5.83. The number of hydrogen-bond acceptors (Lipinski definition) is 3. The molecule has 3 heteroatoms. The van der Waals surface area contributed by atoms with Gasteiger partial charge in [-0.15, -0.1) is 0 Å². The maximum absolute atomic E-state index is 5.83. The molecule has 0 radical (unpaired) electrons. The molecule has 2 aliphatic rings. The Kier molecular flexibility index (Phi) is 3.33. The normalized spacial score (nSPS) is 36.2. The second-order valence-corrected chi connectivity index (χ2v) is 4.78. The Bertz CT molecular complexity index is 207. The molecule has 3 nitrogen and oxygen atoms in total. The van der Waals surface area contributed by atoms with Crippen LogP contribution in [0.5, 0.6) is 0 Å². The van der Waals surface area contributed by atoms with E-state index in [1.807, 2.05) is 0 Å². The average Bonchev–Trinajstić information content (AvgIpc) is 2.30. The summed E-state index contributed by atoms with van der Waals surface area (Å²) in [5.41, 5.74) is 0. The predicted octanol–water partition coefficient (Wildman–Crippen LogP) is 2.55. The van der Waals surface area contributed by atoms with Crippen molar-refractivity contribution in [2.45, 2.75) is 51.1 Å². The lowest BCUT2D eigenvalue weighted by molar-refractivity contribution is -0.484. The zero-order chi connectivity index (χ0) is 10.9. The first-order chi connectivity index (χ1) is 7.23. The summed E-state index contributed by atoms with van der Waals surface area (Å²) in [7, 11) is 3.30. The predicted molar refractivity (Wildman–Crippen MR) is 57.4 cm³/mol. The Morgan fingerprint density at radius 1 is 1.07 bits per heavy atom. The molecule has 0 aromatic carbocycles. The van der Waals surface area contributed by atoms with Crippen LogP contribution < -0.4 is 0 Å². The van der Waals surface area contributed by atoms with Crippen molar-refractivity contribution < 1.29 is 14.2 Å². The molecule has 1 aliphatic carbocycles. The highest BCUT2D eigenvalue weighted by atomic mass is 16.9. The zero-order valence-corrected chi connectivity index (χ0v) is 9.99. The van der Waals surface area contributed by atoms with Crippen molar-refractivity contribution in [3.63, 3.8) is 0 Å². The Morgan fingerprint density at radius 3 is 2.13 bits per heavy atom. The van der Waals surface area contributed by atoms with E-state index >= 15 is 0 Å². The van der Waals surface area contributed by atoms with Gasteiger partial charge in [-0.25, -0.2) is 0 Å². The van der Waals surface area contributed by atoms with E-state index in [-0.39, 0.29) is 0 Å². The minimum Gasteiger partial charge on any atom is -0.331 e. The van der Waals surface area contributed by atoms with Crippen LogP contribution in [0.3, 0.4) is 0 Å². The van der Waals surface area contributed by atoms with Crippen molar-refractivity contribution in [3.8, 4) is 0 Å². The number of rotatable bonds is 3. The largest absolute Gasteiger partial charge is 0.331 e. The van der Waals surface area contributed by atoms with Crippen molar-refractivity contribution >= 4 is 0 Å². The van der Waals surface area contributed by atoms with Crippen molar-refractivity contribution in [3.05, 3.63) is 0 Å². The average molecular weight is 214 g/mol. The molecule has 2 atom stereocenters. The molecular weight excluding hydrogens is 192 g/mol. The van der Waals surface area contributed by atoms with Gasteiger partial charge < -0.3 is 14.2 Å². The van der Waals surface area contributed by atoms with E-state index in [9.17, 15) is 0 Å². The molecule has 1 heterocycles. The topological polar surface area (TPSA) is 27.7 Å². The molecule has 1 saturated heterocycles. The van der Waals surface area contributed by atoms with E-state index in [4.69, 9.17) is 14.2 Å². The van der Waals surface area contributed by atoms with E-state index in [0.717, 1.165) is 0 Å². The summed E-state index contributed by atoms with van der Waals surface area (Å²) >= 11 is 0. The van der Waals surface area contributed by atoms with Crippen LogP contribution in [-0.2, 0) is 14.2 Å². The van der Waals surface area contributed by atoms with E-state index in [1.54, 1.807) is 14.2 Å². The van der Waals surface area contributed by atoms with E-state index in [2.05, 4.69) is 6.92 Å². The Labute approximate surface area is 92.1 Å². The van der Waals surface area contributed by atoms with Crippen molar-refractivity contribution in [1.29, 1.82) is 0 Å². The highest BCUT2D eigenvalue weighted by Gasteiger charge is 2.57. The summed E-state index contributed by atoms with van der Waals surface area (Å²) in [4.78, 5) is 0. The molecule has 0 aromatic heterocycles. The highest BCUT2D eigenvalue weighted by molar-refractivity contribution is 4.91. The SMILES string of the molecule is COC1(OC)O[C@@H](C2CCCCC2)[C@H]1C. The minimum atomic E-state index is -0.762. The first kappa shape index (κ1) is 11.4. The Balaban J connectivity index is 1.92. The van der Waals surface area contributed by atoms with Crippen molar-refractivity contribution in [2.24, 2.45) is 11.8 Å². The van der Waals surface area contributed by atoms with Crippen LogP contribution in [0.4, 0.5) is 0 Å². The van der Waals surface area contributed by atoms with Gasteiger partial charge in [0.2, 0.25) is 0 Å². The lowest BCUT2D eigenvalue weighted by atomic mass is 9.77. The van der Waals surface area contributed by atoms with Gasteiger partial charge in [-0.3, -0.25) is 0 Å². The van der Waals surface area contributed by atoms with Crippen LogP contribution in [0.2, 0.25) is 0 Å². The quantitative estimate of drug-likeness (QED) is 0.676. The van der Waals surface area contributed by atoms with Crippen LogP contribution in [-0.4, -0.2) is 26.3 Å². The summed E-state index contributed by atoms with van der Waals surface area (Å²) in [5, 5.41) is 0. The van der Waals surface area contributed by atoms with Gasteiger partial charge in [0.05, 0.1) is 12.0 Å². The summed E-state index contributed by atoms with van der Waals surface area (Å²) in [6, 6.07) is 0. The molecule has 0 amide bonds. The number of methoxy groups -OCH3 is 2. The van der Waals surface area contributed by atoms with Gasteiger partial charge in [0.1, 0.15) is 0 Å². The summed E-state index contributed by atoms with van der Waals surface area (Å²) < 4.78 is 16.5. The molecule has 0 N–H and O–H groups in total. The van der Waals surface area contributed by atoms with Crippen LogP contribution in [0.1, 0.15) is 39.0 Å². The highest BCUT2D eigenvalue weighted by Crippen LogP contribution is 2.46. The number of ether oxygens (including phenoxy) is 3. The van der Waals surface area contributed by atoms with Gasteiger partial charge in [-0.05, 0) is 18.8 Å². The molecule has 15 heavy (non-hydrogen) atoms. The Morgan fingerprint density at radius 2 is 1.67 bits per heavy atom. The van der Waals surface area contributed by atoms with Gasteiger partial charge in [-0.1, -0.05) is 26.2 Å². The lowest BCUT2D eigenvalue weighted by Gasteiger charge is -2.53.